The van der Waals surface area contributed by atoms with Crippen molar-refractivity contribution < 1.29 is 18.7 Å². The van der Waals surface area contributed by atoms with Gasteiger partial charge in [-0.3, -0.25) is 9.59 Å². The zero-order valence-corrected chi connectivity index (χ0v) is 20.6. The molecule has 0 fully saturated rings. The van der Waals surface area contributed by atoms with Gasteiger partial charge >= 0.3 is 0 Å². The van der Waals surface area contributed by atoms with Gasteiger partial charge in [0, 0.05) is 9.86 Å². The number of hydrogen-bond donors (Lipinski definition) is 1. The summed E-state index contributed by atoms with van der Waals surface area (Å²) in [5.41, 5.74) is 6.61. The Kier molecular flexibility index (Phi) is 6.26. The van der Waals surface area contributed by atoms with Gasteiger partial charge in [-0.1, -0.05) is 28.1 Å². The van der Waals surface area contributed by atoms with Crippen molar-refractivity contribution in [3.8, 4) is 23.1 Å². The highest BCUT2D eigenvalue weighted by Gasteiger charge is 2.17. The molecule has 2 heterocycles. The molecular weight excluding hydrogens is 528 g/mol. The van der Waals surface area contributed by atoms with E-state index >= 15 is 0 Å². The van der Waals surface area contributed by atoms with Crippen molar-refractivity contribution >= 4 is 49.9 Å². The van der Waals surface area contributed by atoms with Crippen LogP contribution in [0.1, 0.15) is 5.56 Å². The van der Waals surface area contributed by atoms with Crippen LogP contribution < -0.4 is 20.8 Å². The Morgan fingerprint density at radius 2 is 1.97 bits per heavy atom. The molecule has 0 aliphatic carbocycles. The predicted molar refractivity (Wildman–Crippen MR) is 140 cm³/mol. The number of benzene rings is 3. The number of ether oxygens (including phenoxy) is 2. The second-order valence-corrected chi connectivity index (χ2v) is 8.69. The first kappa shape index (κ1) is 23.3. The first-order valence-electron chi connectivity index (χ1n) is 10.8. The molecule has 0 radical (unpaired) electrons. The molecule has 180 valence electrons. The Labute approximate surface area is 212 Å². The maximum absolute atomic E-state index is 13.4. The Morgan fingerprint density at radius 3 is 2.78 bits per heavy atom. The fourth-order valence-electron chi connectivity index (χ4n) is 3.67. The molecule has 0 aliphatic heterocycles. The highest BCUT2D eigenvalue weighted by atomic mass is 79.9. The average molecular weight is 547 g/mol. The zero-order valence-electron chi connectivity index (χ0n) is 19.0. The van der Waals surface area contributed by atoms with Gasteiger partial charge in [0.05, 0.1) is 24.2 Å². The van der Waals surface area contributed by atoms with Gasteiger partial charge in [0.1, 0.15) is 5.58 Å². The molecule has 0 saturated carbocycles. The van der Waals surface area contributed by atoms with Crippen LogP contribution in [0.3, 0.4) is 0 Å². The average Bonchev–Trinajstić information content (AvgIpc) is 3.30. The Balaban J connectivity index is 1.61. The first-order chi connectivity index (χ1) is 17.4. The number of carbonyl (C=O) groups is 1. The number of halogens is 1. The predicted octanol–water partition coefficient (Wildman–Crippen LogP) is 4.33. The van der Waals surface area contributed by atoms with Gasteiger partial charge in [0.2, 0.25) is 5.82 Å². The van der Waals surface area contributed by atoms with E-state index in [2.05, 4.69) is 26.0 Å². The van der Waals surface area contributed by atoms with E-state index in [9.17, 15) is 9.59 Å². The monoisotopic (exact) mass is 546 g/mol. The number of carbonyl (C=O) groups excluding carboxylic acids is 1. The van der Waals surface area contributed by atoms with Crippen molar-refractivity contribution in [1.82, 2.24) is 9.66 Å². The lowest BCUT2D eigenvalue weighted by molar-refractivity contribution is -0.119. The summed E-state index contributed by atoms with van der Waals surface area (Å²) in [4.78, 5) is 29.1. The molecule has 0 spiro atoms. The van der Waals surface area contributed by atoms with Crippen LogP contribution in [0.15, 0.2) is 85.5 Å². The molecular formula is C26H19BrN4O5. The van der Waals surface area contributed by atoms with Gasteiger partial charge in [-0.05, 0) is 60.2 Å². The van der Waals surface area contributed by atoms with E-state index in [1.165, 1.54) is 18.0 Å². The van der Waals surface area contributed by atoms with Gasteiger partial charge in [-0.2, -0.15) is 9.78 Å². The first-order valence-corrected chi connectivity index (χ1v) is 11.6. The quantitative estimate of drug-likeness (QED) is 0.303. The summed E-state index contributed by atoms with van der Waals surface area (Å²) < 4.78 is 18.8. The number of amides is 1. The van der Waals surface area contributed by atoms with Crippen LogP contribution in [-0.4, -0.2) is 35.5 Å². The number of primary amides is 1. The standard InChI is InChI=1S/C26H19BrN4O5/c1-34-22-10-15(6-8-21(22)35-14-24(28)32)13-29-31-25(30-19-5-3-2-4-18(19)26(31)33)23-12-16-11-17(27)7-9-20(16)36-23/h2-13H,14H2,1H3,(H2,28,32). The number of para-hydroxylation sites is 1. The lowest BCUT2D eigenvalue weighted by Gasteiger charge is -2.10. The Hall–Kier alpha value is -4.44. The molecule has 0 saturated heterocycles. The van der Waals surface area contributed by atoms with Crippen LogP contribution in [0.5, 0.6) is 11.5 Å². The molecule has 0 aliphatic rings. The summed E-state index contributed by atoms with van der Waals surface area (Å²) in [6.07, 6.45) is 1.50. The summed E-state index contributed by atoms with van der Waals surface area (Å²) in [6, 6.07) is 19.5. The fraction of sp³-hybridized carbons (Fsp3) is 0.0769. The smallest absolute Gasteiger partial charge is 0.282 e. The lowest BCUT2D eigenvalue weighted by atomic mass is 10.2. The molecule has 0 atom stereocenters. The number of aromatic nitrogens is 2. The normalized spacial score (nSPS) is 11.4. The van der Waals surface area contributed by atoms with Crippen LogP contribution in [0, 0.1) is 0 Å². The number of nitrogens with zero attached hydrogens (tertiary/aromatic N) is 3. The van der Waals surface area contributed by atoms with Gasteiger partial charge < -0.3 is 19.6 Å². The minimum Gasteiger partial charge on any atom is -0.493 e. The van der Waals surface area contributed by atoms with E-state index in [1.54, 1.807) is 36.4 Å². The number of fused-ring (bicyclic) bond motifs is 2. The van der Waals surface area contributed by atoms with Crippen LogP contribution in [0.4, 0.5) is 0 Å². The third-order valence-corrected chi connectivity index (χ3v) is 5.83. The van der Waals surface area contributed by atoms with E-state index in [0.717, 1.165) is 9.86 Å². The Morgan fingerprint density at radius 1 is 1.14 bits per heavy atom. The second-order valence-electron chi connectivity index (χ2n) is 7.77. The third-order valence-electron chi connectivity index (χ3n) is 5.33. The van der Waals surface area contributed by atoms with E-state index in [4.69, 9.17) is 19.6 Å². The molecule has 5 aromatic rings. The molecule has 0 unspecified atom stereocenters. The largest absolute Gasteiger partial charge is 0.493 e. The van der Waals surface area contributed by atoms with Crippen molar-refractivity contribution in [3.05, 3.63) is 87.1 Å². The molecule has 2 aromatic heterocycles. The SMILES string of the molecule is COc1cc(C=Nn2c(-c3cc4cc(Br)ccc4o3)nc3ccccc3c2=O)ccc1OCC(N)=O. The maximum Gasteiger partial charge on any atom is 0.282 e. The summed E-state index contributed by atoms with van der Waals surface area (Å²) in [5, 5.41) is 5.72. The van der Waals surface area contributed by atoms with E-state index < -0.39 is 5.91 Å². The molecule has 3 aromatic carbocycles. The highest BCUT2D eigenvalue weighted by Crippen LogP contribution is 2.30. The number of nitrogens with two attached hydrogens (primary N) is 1. The van der Waals surface area contributed by atoms with Gasteiger partial charge in [-0.15, -0.1) is 0 Å². The van der Waals surface area contributed by atoms with Crippen LogP contribution in [0.25, 0.3) is 33.5 Å². The van der Waals surface area contributed by atoms with Crippen LogP contribution >= 0.6 is 15.9 Å². The summed E-state index contributed by atoms with van der Waals surface area (Å²) >= 11 is 3.46. The van der Waals surface area contributed by atoms with Crippen molar-refractivity contribution in [3.63, 3.8) is 0 Å². The summed E-state index contributed by atoms with van der Waals surface area (Å²) in [7, 11) is 1.48. The third kappa shape index (κ3) is 4.58. The van der Waals surface area contributed by atoms with Crippen molar-refractivity contribution in [2.75, 3.05) is 13.7 Å². The molecule has 0 bridgehead atoms. The van der Waals surface area contributed by atoms with Crippen molar-refractivity contribution in [1.29, 1.82) is 0 Å². The highest BCUT2D eigenvalue weighted by molar-refractivity contribution is 9.10. The van der Waals surface area contributed by atoms with E-state index in [0.29, 0.717) is 39.3 Å². The Bertz CT molecular complexity index is 1710. The number of hydrogen-bond acceptors (Lipinski definition) is 7. The maximum atomic E-state index is 13.4. The number of furan rings is 1. The molecule has 10 heteroatoms. The minimum absolute atomic E-state index is 0.260. The van der Waals surface area contributed by atoms with E-state index in [1.807, 2.05) is 30.3 Å². The van der Waals surface area contributed by atoms with Crippen molar-refractivity contribution in [2.24, 2.45) is 10.8 Å². The van der Waals surface area contributed by atoms with E-state index in [-0.39, 0.29) is 18.0 Å². The van der Waals surface area contributed by atoms with Gasteiger partial charge in [0.15, 0.2) is 23.9 Å². The minimum atomic E-state index is -0.601. The topological polar surface area (TPSA) is 122 Å². The van der Waals surface area contributed by atoms with Gasteiger partial charge in [0.25, 0.3) is 11.5 Å². The fourth-order valence-corrected chi connectivity index (χ4v) is 4.05. The summed E-state index contributed by atoms with van der Waals surface area (Å²) in [5.74, 6) is 0.794. The number of rotatable bonds is 7. The number of methoxy groups -OCH3 is 1. The molecule has 9 nitrogen and oxygen atoms in total. The molecule has 1 amide bonds. The van der Waals surface area contributed by atoms with Gasteiger partial charge in [-0.25, -0.2) is 4.98 Å². The van der Waals surface area contributed by atoms with Crippen LogP contribution in [-0.2, 0) is 4.79 Å². The zero-order chi connectivity index (χ0) is 25.2. The van der Waals surface area contributed by atoms with Crippen LogP contribution in [0.2, 0.25) is 0 Å². The second kappa shape index (κ2) is 9.67. The summed E-state index contributed by atoms with van der Waals surface area (Å²) in [6.45, 7) is -0.278. The van der Waals surface area contributed by atoms with Crippen molar-refractivity contribution in [2.45, 2.75) is 0 Å². The molecule has 2 N–H and O–H groups in total. The molecule has 36 heavy (non-hydrogen) atoms. The molecule has 5 rings (SSSR count). The lowest BCUT2D eigenvalue weighted by Crippen LogP contribution is -2.20.